The van der Waals surface area contributed by atoms with Gasteiger partial charge in [-0.1, -0.05) is 11.8 Å². The quantitative estimate of drug-likeness (QED) is 0.333. The van der Waals surface area contributed by atoms with Crippen molar-refractivity contribution in [1.29, 1.82) is 0 Å². The number of aliphatic carboxylic acids is 2. The molecule has 1 saturated heterocycles. The van der Waals surface area contributed by atoms with Gasteiger partial charge in [0.1, 0.15) is 0 Å². The molecule has 0 amide bonds. The summed E-state index contributed by atoms with van der Waals surface area (Å²) in [5.74, 6) is -0.963. The fourth-order valence-corrected chi connectivity index (χ4v) is 3.65. The van der Waals surface area contributed by atoms with Crippen LogP contribution in [0.15, 0.2) is 17.2 Å². The molecule has 1 aromatic rings. The van der Waals surface area contributed by atoms with E-state index < -0.39 is 18.0 Å². The van der Waals surface area contributed by atoms with Crippen molar-refractivity contribution in [3.05, 3.63) is 12.2 Å². The first-order chi connectivity index (χ1) is 13.6. The van der Waals surface area contributed by atoms with E-state index in [4.69, 9.17) is 14.9 Å². The van der Waals surface area contributed by atoms with Crippen molar-refractivity contribution in [3.8, 4) is 0 Å². The van der Waals surface area contributed by atoms with Crippen LogP contribution < -0.4 is 10.2 Å². The van der Waals surface area contributed by atoms with E-state index in [0.717, 1.165) is 37.1 Å². The Labute approximate surface area is 178 Å². The second-order valence-electron chi connectivity index (χ2n) is 7.10. The first-order valence-electron chi connectivity index (χ1n) is 8.93. The molecule has 29 heavy (non-hydrogen) atoms. The topological polar surface area (TPSA) is 145 Å². The molecule has 2 rings (SSSR count). The van der Waals surface area contributed by atoms with Crippen molar-refractivity contribution >= 4 is 41.2 Å². The van der Waals surface area contributed by atoms with Gasteiger partial charge < -0.3 is 30.3 Å². The molecule has 2 heterocycles. The summed E-state index contributed by atoms with van der Waals surface area (Å²) in [4.78, 5) is 21.3. The highest BCUT2D eigenvalue weighted by Crippen LogP contribution is 2.29. The molecule has 12 heteroatoms. The van der Waals surface area contributed by atoms with Crippen molar-refractivity contribution in [2.24, 2.45) is 0 Å². The smallest absolute Gasteiger partial charge is 0.328 e. The van der Waals surface area contributed by atoms with E-state index in [1.54, 1.807) is 11.8 Å². The fourth-order valence-electron chi connectivity index (χ4n) is 2.04. The number of carbonyl (C=O) groups is 2. The summed E-state index contributed by atoms with van der Waals surface area (Å²) in [6.45, 7) is 10.0. The van der Waals surface area contributed by atoms with E-state index in [-0.39, 0.29) is 5.54 Å². The first-order valence-corrected chi connectivity index (χ1v) is 10.6. The van der Waals surface area contributed by atoms with Crippen LogP contribution in [0.5, 0.6) is 0 Å². The van der Waals surface area contributed by atoms with E-state index in [1.165, 1.54) is 11.7 Å². The molecule has 0 radical (unpaired) electrons. The summed E-state index contributed by atoms with van der Waals surface area (Å²) in [6, 6.07) is 0. The summed E-state index contributed by atoms with van der Waals surface area (Å²) in [7, 11) is 0. The van der Waals surface area contributed by atoms with Gasteiger partial charge in [-0.2, -0.15) is 8.75 Å². The van der Waals surface area contributed by atoms with Crippen molar-refractivity contribution in [1.82, 2.24) is 14.1 Å². The molecule has 0 bridgehead atoms. The lowest BCUT2D eigenvalue weighted by Gasteiger charge is -2.27. The number of nitrogens with zero attached hydrogens (tertiary/aromatic N) is 3. The summed E-state index contributed by atoms with van der Waals surface area (Å²) in [5.41, 5.74) is 0.0206. The summed E-state index contributed by atoms with van der Waals surface area (Å²) < 4.78 is 14.1. The van der Waals surface area contributed by atoms with Gasteiger partial charge in [-0.25, -0.2) is 9.59 Å². The minimum absolute atomic E-state index is 0.0206. The third kappa shape index (κ3) is 11.8. The van der Waals surface area contributed by atoms with Gasteiger partial charge in [0.15, 0.2) is 10.8 Å². The van der Waals surface area contributed by atoms with Crippen LogP contribution in [-0.4, -0.2) is 86.2 Å². The zero-order valence-corrected chi connectivity index (χ0v) is 18.3. The van der Waals surface area contributed by atoms with Gasteiger partial charge in [0, 0.05) is 43.1 Å². The van der Waals surface area contributed by atoms with Crippen LogP contribution in [0, 0.1) is 0 Å². The lowest BCUT2D eigenvalue weighted by Crippen LogP contribution is -2.41. The van der Waals surface area contributed by atoms with Crippen molar-refractivity contribution < 1.29 is 29.6 Å². The van der Waals surface area contributed by atoms with Gasteiger partial charge in [-0.05, 0) is 20.8 Å². The SMILES string of the molecule is CC(C)(C)NCC(O)CSc1nsnc1N1CCOCC1.O=C(O)/C=C\C(=O)O. The highest BCUT2D eigenvalue weighted by molar-refractivity contribution is 7.99. The van der Waals surface area contributed by atoms with E-state index in [0.29, 0.717) is 24.4 Å². The summed E-state index contributed by atoms with van der Waals surface area (Å²) >= 11 is 2.80. The number of thioether (sulfide) groups is 1. The Morgan fingerprint density at radius 3 is 2.34 bits per heavy atom. The van der Waals surface area contributed by atoms with Gasteiger partial charge in [-0.15, -0.1) is 0 Å². The molecule has 1 fully saturated rings. The maximum Gasteiger partial charge on any atom is 0.328 e. The third-order valence-corrected chi connectivity index (χ3v) is 5.13. The van der Waals surface area contributed by atoms with Gasteiger partial charge in [0.2, 0.25) is 0 Å². The van der Waals surface area contributed by atoms with Crippen molar-refractivity contribution in [3.63, 3.8) is 0 Å². The Morgan fingerprint density at radius 2 is 1.83 bits per heavy atom. The maximum atomic E-state index is 10.1. The molecule has 164 valence electrons. The number of rotatable bonds is 8. The van der Waals surface area contributed by atoms with Gasteiger partial charge in [0.05, 0.1) is 31.0 Å². The number of aliphatic hydroxyl groups is 1. The van der Waals surface area contributed by atoms with Crippen LogP contribution in [0.1, 0.15) is 20.8 Å². The van der Waals surface area contributed by atoms with E-state index in [2.05, 4.69) is 39.7 Å². The molecule has 0 saturated carbocycles. The average Bonchev–Trinajstić information content (AvgIpc) is 3.12. The number of hydrogen-bond donors (Lipinski definition) is 4. The Kier molecular flexibility index (Phi) is 11.1. The molecular formula is C17H28N4O6S2. The number of morpholine rings is 1. The van der Waals surface area contributed by atoms with Crippen molar-refractivity contribution in [2.75, 3.05) is 43.5 Å². The van der Waals surface area contributed by atoms with Crippen LogP contribution in [0.3, 0.4) is 0 Å². The largest absolute Gasteiger partial charge is 0.478 e. The average molecular weight is 449 g/mol. The molecule has 1 aromatic heterocycles. The van der Waals surface area contributed by atoms with Crippen LogP contribution in [-0.2, 0) is 14.3 Å². The van der Waals surface area contributed by atoms with Gasteiger partial charge in [0.25, 0.3) is 0 Å². The van der Waals surface area contributed by atoms with Crippen LogP contribution in [0.2, 0.25) is 0 Å². The molecule has 1 aliphatic rings. The Bertz CT molecular complexity index is 655. The lowest BCUT2D eigenvalue weighted by atomic mass is 10.1. The summed E-state index contributed by atoms with van der Waals surface area (Å²) in [5, 5.41) is 29.9. The van der Waals surface area contributed by atoms with E-state index >= 15 is 0 Å². The normalized spacial score (nSPS) is 15.7. The molecule has 10 nitrogen and oxygen atoms in total. The highest BCUT2D eigenvalue weighted by atomic mass is 32.2. The minimum atomic E-state index is -1.26. The standard InChI is InChI=1S/C13H24N4O2S2.C4H4O4/c1-13(2,3)14-8-10(18)9-20-12-11(15-21-16-12)17-4-6-19-7-5-17;5-3(6)1-2-4(7)8/h10,14,18H,4-9H2,1-3H3;1-2H,(H,5,6)(H,7,8)/b;2-1-. The number of hydrogen-bond acceptors (Lipinski definition) is 10. The molecular weight excluding hydrogens is 420 g/mol. The van der Waals surface area contributed by atoms with Gasteiger partial charge in [-0.3, -0.25) is 0 Å². The van der Waals surface area contributed by atoms with Crippen LogP contribution in [0.25, 0.3) is 0 Å². The van der Waals surface area contributed by atoms with E-state index in [1.807, 2.05) is 0 Å². The number of carboxylic acid groups (broad SMARTS) is 2. The second kappa shape index (κ2) is 12.8. The Balaban J connectivity index is 0.000000447. The maximum absolute atomic E-state index is 10.1. The van der Waals surface area contributed by atoms with E-state index in [9.17, 15) is 14.7 Å². The number of β-amino-alcohol motifs (C(OH)–C–C–N with tert-alkyl or cyclic N) is 1. The Morgan fingerprint density at radius 1 is 1.24 bits per heavy atom. The molecule has 1 aliphatic heterocycles. The Hall–Kier alpha value is -1.73. The monoisotopic (exact) mass is 448 g/mol. The zero-order chi connectivity index (χ0) is 21.9. The molecule has 1 atom stereocenters. The summed E-state index contributed by atoms with van der Waals surface area (Å²) in [6.07, 6.45) is 0.721. The molecule has 0 aromatic carbocycles. The predicted octanol–water partition coefficient (Wildman–Crippen LogP) is 0.928. The third-order valence-electron chi connectivity index (χ3n) is 3.40. The number of aliphatic hydroxyl groups excluding tert-OH is 1. The number of carboxylic acids is 2. The van der Waals surface area contributed by atoms with Gasteiger partial charge >= 0.3 is 11.9 Å². The number of aromatic nitrogens is 2. The second-order valence-corrected chi connectivity index (χ2v) is 8.64. The number of nitrogens with one attached hydrogen (secondary N) is 1. The first kappa shape index (κ1) is 25.3. The fraction of sp³-hybridized carbons (Fsp3) is 0.647. The lowest BCUT2D eigenvalue weighted by molar-refractivity contribution is -0.134. The predicted molar refractivity (Wildman–Crippen MR) is 112 cm³/mol. The number of anilines is 1. The highest BCUT2D eigenvalue weighted by Gasteiger charge is 2.20. The molecule has 0 aliphatic carbocycles. The van der Waals surface area contributed by atoms with Crippen LogP contribution in [0.4, 0.5) is 5.82 Å². The van der Waals surface area contributed by atoms with Crippen LogP contribution >= 0.6 is 23.5 Å². The molecule has 4 N–H and O–H groups in total. The minimum Gasteiger partial charge on any atom is -0.478 e. The molecule has 1 unspecified atom stereocenters. The van der Waals surface area contributed by atoms with Crippen molar-refractivity contribution in [2.45, 2.75) is 37.4 Å². The molecule has 0 spiro atoms. The zero-order valence-electron chi connectivity index (χ0n) is 16.7. The number of ether oxygens (including phenoxy) is 1.